The second-order valence-electron chi connectivity index (χ2n) is 4.42. The summed E-state index contributed by atoms with van der Waals surface area (Å²) in [5.41, 5.74) is 2.11. The van der Waals surface area contributed by atoms with Crippen LogP contribution in [0.2, 0.25) is 0 Å². The van der Waals surface area contributed by atoms with Crippen LogP contribution in [0.4, 0.5) is 5.69 Å². The average molecular weight is 371 g/mol. The fraction of sp³-hybridized carbons (Fsp3) is 0.200. The van der Waals surface area contributed by atoms with Crippen LogP contribution >= 0.6 is 27.5 Å². The molecule has 0 bridgehead atoms. The Labute approximate surface area is 136 Å². The molecule has 0 amide bonds. The summed E-state index contributed by atoms with van der Waals surface area (Å²) in [6, 6.07) is 12.2. The summed E-state index contributed by atoms with van der Waals surface area (Å²) in [6.45, 7) is 0.497. The summed E-state index contributed by atoms with van der Waals surface area (Å²) in [5, 5.41) is 10.6. The summed E-state index contributed by atoms with van der Waals surface area (Å²) in [4.78, 5) is 10.2. The third-order valence-corrected chi connectivity index (χ3v) is 3.87. The zero-order valence-corrected chi connectivity index (χ0v) is 13.4. The zero-order valence-electron chi connectivity index (χ0n) is 11.1. The molecule has 0 radical (unpaired) electrons. The van der Waals surface area contributed by atoms with E-state index in [1.807, 2.05) is 18.2 Å². The van der Waals surface area contributed by atoms with Crippen molar-refractivity contribution in [1.82, 2.24) is 0 Å². The Morgan fingerprint density at radius 2 is 1.81 bits per heavy atom. The third-order valence-electron chi connectivity index (χ3n) is 2.95. The van der Waals surface area contributed by atoms with Crippen molar-refractivity contribution in [2.75, 3.05) is 6.61 Å². The maximum absolute atomic E-state index is 10.6. The van der Waals surface area contributed by atoms with Crippen molar-refractivity contribution in [3.8, 4) is 5.75 Å². The highest BCUT2D eigenvalue weighted by Gasteiger charge is 2.05. The van der Waals surface area contributed by atoms with Crippen LogP contribution in [0.15, 0.2) is 46.9 Å². The minimum absolute atomic E-state index is 0.0964. The third kappa shape index (κ3) is 4.44. The average Bonchev–Trinajstić information content (AvgIpc) is 2.49. The minimum atomic E-state index is -0.407. The molecule has 0 aliphatic carbocycles. The molecule has 6 heteroatoms. The molecule has 2 aromatic rings. The lowest BCUT2D eigenvalue weighted by Crippen LogP contribution is -2.02. The first-order chi connectivity index (χ1) is 10.1. The molecule has 0 fully saturated rings. The van der Waals surface area contributed by atoms with Crippen LogP contribution in [-0.4, -0.2) is 11.5 Å². The molecule has 2 rings (SSSR count). The number of hydrogen-bond donors (Lipinski definition) is 0. The second kappa shape index (κ2) is 7.43. The predicted molar refractivity (Wildman–Crippen MR) is 86.0 cm³/mol. The van der Waals surface area contributed by atoms with Crippen LogP contribution in [0.1, 0.15) is 11.1 Å². The molecule has 0 atom stereocenters. The standard InChI is InChI=1S/C15H13BrClNO3/c16-14-9-12(10-17)3-6-15(14)21-8-7-11-1-4-13(5-2-11)18(19)20/h1-6,9H,7-8,10H2. The van der Waals surface area contributed by atoms with Crippen molar-refractivity contribution >= 4 is 33.2 Å². The first-order valence-electron chi connectivity index (χ1n) is 6.30. The lowest BCUT2D eigenvalue weighted by atomic mass is 10.1. The molecule has 4 nitrogen and oxygen atoms in total. The van der Waals surface area contributed by atoms with Gasteiger partial charge in [-0.2, -0.15) is 0 Å². The van der Waals surface area contributed by atoms with Gasteiger partial charge in [0.25, 0.3) is 5.69 Å². The highest BCUT2D eigenvalue weighted by molar-refractivity contribution is 9.10. The molecule has 2 aromatic carbocycles. The summed E-state index contributed by atoms with van der Waals surface area (Å²) >= 11 is 9.20. The Morgan fingerprint density at radius 1 is 1.14 bits per heavy atom. The van der Waals surface area contributed by atoms with Gasteiger partial charge in [-0.3, -0.25) is 10.1 Å². The highest BCUT2D eigenvalue weighted by Crippen LogP contribution is 2.26. The Balaban J connectivity index is 1.90. The van der Waals surface area contributed by atoms with Crippen molar-refractivity contribution in [1.29, 1.82) is 0 Å². The molecule has 0 unspecified atom stereocenters. The van der Waals surface area contributed by atoms with Crippen molar-refractivity contribution in [3.63, 3.8) is 0 Å². The Hall–Kier alpha value is -1.59. The van der Waals surface area contributed by atoms with E-state index >= 15 is 0 Å². The number of nitro groups is 1. The summed E-state index contributed by atoms with van der Waals surface area (Å²) in [5.74, 6) is 1.22. The predicted octanol–water partition coefficient (Wildman–Crippen LogP) is 4.72. The van der Waals surface area contributed by atoms with Gasteiger partial charge in [0.05, 0.1) is 16.0 Å². The summed E-state index contributed by atoms with van der Waals surface area (Å²) < 4.78 is 6.56. The van der Waals surface area contributed by atoms with E-state index < -0.39 is 4.92 Å². The van der Waals surface area contributed by atoms with E-state index in [0.29, 0.717) is 18.9 Å². The fourth-order valence-electron chi connectivity index (χ4n) is 1.81. The number of halogens is 2. The number of nitro benzene ring substituents is 1. The van der Waals surface area contributed by atoms with Gasteiger partial charge in [-0.1, -0.05) is 18.2 Å². The van der Waals surface area contributed by atoms with Gasteiger partial charge in [-0.25, -0.2) is 0 Å². The largest absolute Gasteiger partial charge is 0.492 e. The molecule has 0 heterocycles. The maximum atomic E-state index is 10.6. The molecule has 0 saturated heterocycles. The van der Waals surface area contributed by atoms with Gasteiger partial charge in [0, 0.05) is 24.4 Å². The van der Waals surface area contributed by atoms with Gasteiger partial charge in [0.15, 0.2) is 0 Å². The van der Waals surface area contributed by atoms with E-state index in [1.165, 1.54) is 12.1 Å². The van der Waals surface area contributed by atoms with Crippen LogP contribution in [0.25, 0.3) is 0 Å². The smallest absolute Gasteiger partial charge is 0.269 e. The van der Waals surface area contributed by atoms with Gasteiger partial charge < -0.3 is 4.74 Å². The Bertz CT molecular complexity index is 631. The number of benzene rings is 2. The zero-order chi connectivity index (χ0) is 15.2. The van der Waals surface area contributed by atoms with Crippen molar-refractivity contribution in [3.05, 3.63) is 68.2 Å². The molecule has 0 spiro atoms. The molecule has 0 aliphatic rings. The summed E-state index contributed by atoms with van der Waals surface area (Å²) in [6.07, 6.45) is 0.682. The van der Waals surface area contributed by atoms with E-state index in [-0.39, 0.29) is 5.69 Å². The number of non-ortho nitro benzene ring substituents is 1. The monoisotopic (exact) mass is 369 g/mol. The lowest BCUT2D eigenvalue weighted by molar-refractivity contribution is -0.384. The molecule has 0 aliphatic heterocycles. The van der Waals surface area contributed by atoms with Crippen LogP contribution < -0.4 is 4.74 Å². The van der Waals surface area contributed by atoms with Crippen LogP contribution in [0, 0.1) is 10.1 Å². The normalized spacial score (nSPS) is 10.4. The van der Waals surface area contributed by atoms with Crippen molar-refractivity contribution in [2.24, 2.45) is 0 Å². The Morgan fingerprint density at radius 3 is 2.38 bits per heavy atom. The topological polar surface area (TPSA) is 52.4 Å². The van der Waals surface area contributed by atoms with E-state index in [4.69, 9.17) is 16.3 Å². The quantitative estimate of drug-likeness (QED) is 0.420. The summed E-state index contributed by atoms with van der Waals surface area (Å²) in [7, 11) is 0. The van der Waals surface area contributed by atoms with E-state index in [2.05, 4.69) is 15.9 Å². The molecule has 0 aromatic heterocycles. The van der Waals surface area contributed by atoms with Gasteiger partial charge in [-0.05, 0) is 39.2 Å². The first kappa shape index (κ1) is 15.8. The lowest BCUT2D eigenvalue weighted by Gasteiger charge is -2.09. The van der Waals surface area contributed by atoms with Crippen LogP contribution in [-0.2, 0) is 12.3 Å². The van der Waals surface area contributed by atoms with E-state index in [0.717, 1.165) is 21.3 Å². The maximum Gasteiger partial charge on any atom is 0.269 e. The van der Waals surface area contributed by atoms with E-state index in [1.54, 1.807) is 12.1 Å². The minimum Gasteiger partial charge on any atom is -0.492 e. The molecule has 0 N–H and O–H groups in total. The van der Waals surface area contributed by atoms with Gasteiger partial charge in [0.2, 0.25) is 0 Å². The number of rotatable bonds is 6. The van der Waals surface area contributed by atoms with Crippen molar-refractivity contribution in [2.45, 2.75) is 12.3 Å². The van der Waals surface area contributed by atoms with Gasteiger partial charge in [0.1, 0.15) is 5.75 Å². The second-order valence-corrected chi connectivity index (χ2v) is 5.54. The van der Waals surface area contributed by atoms with Crippen LogP contribution in [0.5, 0.6) is 5.75 Å². The molecule has 21 heavy (non-hydrogen) atoms. The van der Waals surface area contributed by atoms with Gasteiger partial charge in [-0.15, -0.1) is 11.6 Å². The molecule has 0 saturated carbocycles. The molecule has 110 valence electrons. The van der Waals surface area contributed by atoms with E-state index in [9.17, 15) is 10.1 Å². The Kier molecular flexibility index (Phi) is 5.59. The fourth-order valence-corrected chi connectivity index (χ4v) is 2.51. The SMILES string of the molecule is O=[N+]([O-])c1ccc(CCOc2ccc(CCl)cc2Br)cc1. The molecular formula is C15H13BrClNO3. The number of hydrogen-bond acceptors (Lipinski definition) is 3. The highest BCUT2D eigenvalue weighted by atomic mass is 79.9. The number of nitrogens with zero attached hydrogens (tertiary/aromatic N) is 1. The number of alkyl halides is 1. The van der Waals surface area contributed by atoms with Crippen molar-refractivity contribution < 1.29 is 9.66 Å². The van der Waals surface area contributed by atoms with Crippen LogP contribution in [0.3, 0.4) is 0 Å². The van der Waals surface area contributed by atoms with Gasteiger partial charge >= 0.3 is 0 Å². The first-order valence-corrected chi connectivity index (χ1v) is 7.63. The molecular weight excluding hydrogens is 358 g/mol. The number of ether oxygens (including phenoxy) is 1.